The zero-order valence-corrected chi connectivity index (χ0v) is 15.4. The van der Waals surface area contributed by atoms with Crippen LogP contribution in [-0.4, -0.2) is 19.3 Å². The Balaban J connectivity index is 1.60. The summed E-state index contributed by atoms with van der Waals surface area (Å²) in [6, 6.07) is 15.9. The SMILES string of the molecule is NS(=O)(=O)c1ccc(Cc2cnc(NC(=O)Cc3ccccc3)s2)cc1. The van der Waals surface area contributed by atoms with Crippen LogP contribution in [0.3, 0.4) is 0 Å². The van der Waals surface area contributed by atoms with Crippen molar-refractivity contribution in [3.63, 3.8) is 0 Å². The van der Waals surface area contributed by atoms with Crippen LogP contribution in [0.1, 0.15) is 16.0 Å². The number of hydrogen-bond donors (Lipinski definition) is 2. The van der Waals surface area contributed by atoms with E-state index in [0.29, 0.717) is 18.0 Å². The quantitative estimate of drug-likeness (QED) is 0.678. The highest BCUT2D eigenvalue weighted by Crippen LogP contribution is 2.22. The van der Waals surface area contributed by atoms with E-state index in [2.05, 4.69) is 10.3 Å². The molecule has 0 bridgehead atoms. The molecule has 134 valence electrons. The van der Waals surface area contributed by atoms with Crippen LogP contribution in [0.25, 0.3) is 0 Å². The molecular formula is C18H17N3O3S2. The molecule has 8 heteroatoms. The van der Waals surface area contributed by atoms with Crippen molar-refractivity contribution in [1.29, 1.82) is 0 Å². The minimum absolute atomic E-state index is 0.0828. The minimum atomic E-state index is -3.68. The lowest BCUT2D eigenvalue weighted by atomic mass is 10.1. The summed E-state index contributed by atoms with van der Waals surface area (Å²) in [4.78, 5) is 17.3. The summed E-state index contributed by atoms with van der Waals surface area (Å²) in [5, 5.41) is 8.43. The molecule has 1 heterocycles. The van der Waals surface area contributed by atoms with Gasteiger partial charge in [-0.05, 0) is 23.3 Å². The van der Waals surface area contributed by atoms with Gasteiger partial charge in [0.05, 0.1) is 11.3 Å². The number of benzene rings is 2. The Hall–Kier alpha value is -2.55. The van der Waals surface area contributed by atoms with Crippen molar-refractivity contribution in [2.75, 3.05) is 5.32 Å². The van der Waals surface area contributed by atoms with E-state index in [1.165, 1.54) is 23.5 Å². The molecule has 3 rings (SSSR count). The predicted molar refractivity (Wildman–Crippen MR) is 102 cm³/mol. The summed E-state index contributed by atoms with van der Waals surface area (Å²) >= 11 is 1.39. The third kappa shape index (κ3) is 4.98. The Bertz CT molecular complexity index is 998. The van der Waals surface area contributed by atoms with Gasteiger partial charge in [0.25, 0.3) is 0 Å². The Morgan fingerprint density at radius 1 is 1.04 bits per heavy atom. The van der Waals surface area contributed by atoms with Crippen LogP contribution in [-0.2, 0) is 27.7 Å². The molecule has 0 saturated heterocycles. The van der Waals surface area contributed by atoms with Gasteiger partial charge < -0.3 is 5.32 Å². The molecule has 3 N–H and O–H groups in total. The maximum Gasteiger partial charge on any atom is 0.238 e. The fraction of sp³-hybridized carbons (Fsp3) is 0.111. The molecule has 0 radical (unpaired) electrons. The topological polar surface area (TPSA) is 102 Å². The molecule has 0 fully saturated rings. The number of rotatable bonds is 6. The van der Waals surface area contributed by atoms with E-state index in [4.69, 9.17) is 5.14 Å². The number of amides is 1. The van der Waals surface area contributed by atoms with E-state index in [1.54, 1.807) is 18.3 Å². The zero-order chi connectivity index (χ0) is 18.6. The van der Waals surface area contributed by atoms with Crippen molar-refractivity contribution >= 4 is 32.4 Å². The van der Waals surface area contributed by atoms with E-state index < -0.39 is 10.0 Å². The summed E-state index contributed by atoms with van der Waals surface area (Å²) in [6.07, 6.45) is 2.60. The van der Waals surface area contributed by atoms with Gasteiger partial charge in [0, 0.05) is 17.5 Å². The Morgan fingerprint density at radius 2 is 1.73 bits per heavy atom. The second-order valence-electron chi connectivity index (χ2n) is 5.71. The van der Waals surface area contributed by atoms with Gasteiger partial charge in [0.15, 0.2) is 5.13 Å². The highest BCUT2D eigenvalue weighted by atomic mass is 32.2. The largest absolute Gasteiger partial charge is 0.302 e. The standard InChI is InChI=1S/C18H17N3O3S2/c19-26(23,24)16-8-6-14(7-9-16)10-15-12-20-18(25-15)21-17(22)11-13-4-2-1-3-5-13/h1-9,12H,10-11H2,(H2,19,23,24)(H,20,21,22). The smallest absolute Gasteiger partial charge is 0.238 e. The summed E-state index contributed by atoms with van der Waals surface area (Å²) in [7, 11) is -3.68. The van der Waals surface area contributed by atoms with Crippen LogP contribution in [0.15, 0.2) is 65.7 Å². The molecule has 0 aliphatic heterocycles. The van der Waals surface area contributed by atoms with E-state index in [9.17, 15) is 13.2 Å². The van der Waals surface area contributed by atoms with Crippen LogP contribution < -0.4 is 10.5 Å². The first-order valence-corrected chi connectivity index (χ1v) is 10.2. The summed E-state index contributed by atoms with van der Waals surface area (Å²) < 4.78 is 22.5. The number of primary sulfonamides is 1. The Kier molecular flexibility index (Phi) is 5.46. The fourth-order valence-electron chi connectivity index (χ4n) is 2.39. The first-order chi connectivity index (χ1) is 12.4. The number of sulfonamides is 1. The maximum absolute atomic E-state index is 12.1. The minimum Gasteiger partial charge on any atom is -0.302 e. The van der Waals surface area contributed by atoms with Gasteiger partial charge >= 0.3 is 0 Å². The first-order valence-electron chi connectivity index (χ1n) is 7.80. The molecule has 1 aromatic heterocycles. The second kappa shape index (κ2) is 7.77. The molecule has 26 heavy (non-hydrogen) atoms. The average Bonchev–Trinajstić information content (AvgIpc) is 3.02. The lowest BCUT2D eigenvalue weighted by Crippen LogP contribution is -2.13. The van der Waals surface area contributed by atoms with Gasteiger partial charge in [-0.3, -0.25) is 4.79 Å². The molecule has 2 aromatic carbocycles. The third-order valence-electron chi connectivity index (χ3n) is 3.64. The molecule has 0 unspecified atom stereocenters. The van der Waals surface area contributed by atoms with Crippen molar-refractivity contribution < 1.29 is 13.2 Å². The highest BCUT2D eigenvalue weighted by Gasteiger charge is 2.10. The molecule has 0 aliphatic rings. The van der Waals surface area contributed by atoms with E-state index in [-0.39, 0.29) is 10.8 Å². The number of nitrogens with two attached hydrogens (primary N) is 1. The summed E-state index contributed by atoms with van der Waals surface area (Å²) in [6.45, 7) is 0. The summed E-state index contributed by atoms with van der Waals surface area (Å²) in [5.74, 6) is -0.116. The second-order valence-corrected chi connectivity index (χ2v) is 8.38. The molecule has 0 atom stereocenters. The zero-order valence-electron chi connectivity index (χ0n) is 13.8. The van der Waals surface area contributed by atoms with Gasteiger partial charge in [-0.25, -0.2) is 18.5 Å². The molecule has 0 aliphatic carbocycles. The average molecular weight is 387 g/mol. The molecule has 3 aromatic rings. The maximum atomic E-state index is 12.1. The molecule has 1 amide bonds. The highest BCUT2D eigenvalue weighted by molar-refractivity contribution is 7.89. The van der Waals surface area contributed by atoms with E-state index >= 15 is 0 Å². The van der Waals surface area contributed by atoms with Crippen molar-refractivity contribution in [3.8, 4) is 0 Å². The predicted octanol–water partition coefficient (Wildman–Crippen LogP) is 2.56. The molecular weight excluding hydrogens is 370 g/mol. The number of thiazole rings is 1. The van der Waals surface area contributed by atoms with E-state index in [1.807, 2.05) is 30.3 Å². The van der Waals surface area contributed by atoms with Crippen LogP contribution in [0, 0.1) is 0 Å². The van der Waals surface area contributed by atoms with Gasteiger partial charge in [0.1, 0.15) is 0 Å². The Labute approximate surface area is 155 Å². The van der Waals surface area contributed by atoms with Crippen LogP contribution in [0.5, 0.6) is 0 Å². The monoisotopic (exact) mass is 387 g/mol. The number of hydrogen-bond acceptors (Lipinski definition) is 5. The number of aromatic nitrogens is 1. The van der Waals surface area contributed by atoms with Crippen molar-refractivity contribution in [1.82, 2.24) is 4.98 Å². The van der Waals surface area contributed by atoms with Gasteiger partial charge in [-0.2, -0.15) is 0 Å². The van der Waals surface area contributed by atoms with Gasteiger partial charge in [-0.15, -0.1) is 11.3 Å². The Morgan fingerprint density at radius 3 is 2.38 bits per heavy atom. The number of anilines is 1. The van der Waals surface area contributed by atoms with Crippen molar-refractivity contribution in [3.05, 3.63) is 76.8 Å². The van der Waals surface area contributed by atoms with Crippen LogP contribution in [0.4, 0.5) is 5.13 Å². The third-order valence-corrected chi connectivity index (χ3v) is 5.48. The lowest BCUT2D eigenvalue weighted by Gasteiger charge is -2.02. The van der Waals surface area contributed by atoms with Crippen LogP contribution >= 0.6 is 11.3 Å². The first kappa shape index (κ1) is 18.2. The van der Waals surface area contributed by atoms with Crippen molar-refractivity contribution in [2.24, 2.45) is 5.14 Å². The van der Waals surface area contributed by atoms with Crippen LogP contribution in [0.2, 0.25) is 0 Å². The normalized spacial score (nSPS) is 11.3. The number of nitrogens with one attached hydrogen (secondary N) is 1. The van der Waals surface area contributed by atoms with E-state index in [0.717, 1.165) is 16.0 Å². The number of carbonyl (C=O) groups is 1. The number of nitrogens with zero attached hydrogens (tertiary/aromatic N) is 1. The molecule has 6 nitrogen and oxygen atoms in total. The number of carbonyl (C=O) groups excluding carboxylic acids is 1. The van der Waals surface area contributed by atoms with Gasteiger partial charge in [-0.1, -0.05) is 42.5 Å². The van der Waals surface area contributed by atoms with Gasteiger partial charge in [0.2, 0.25) is 15.9 Å². The fourth-order valence-corrected chi connectivity index (χ4v) is 3.77. The van der Waals surface area contributed by atoms with Crippen molar-refractivity contribution in [2.45, 2.75) is 17.7 Å². The molecule has 0 spiro atoms. The molecule has 0 saturated carbocycles. The summed E-state index contributed by atoms with van der Waals surface area (Å²) in [5.41, 5.74) is 1.87. The lowest BCUT2D eigenvalue weighted by molar-refractivity contribution is -0.115.